The maximum Gasteiger partial charge on any atom is 0.269 e. The highest BCUT2D eigenvalue weighted by molar-refractivity contribution is 7.98. The number of amides is 1. The van der Waals surface area contributed by atoms with Gasteiger partial charge in [0.15, 0.2) is 11.0 Å². The lowest BCUT2D eigenvalue weighted by Gasteiger charge is -2.15. The van der Waals surface area contributed by atoms with E-state index < -0.39 is 4.92 Å². The van der Waals surface area contributed by atoms with Crippen LogP contribution in [0.2, 0.25) is 5.02 Å². The SMILES string of the molecule is C=CCn1c(SCc2ccc([N+](=O)[O-])cc2)nnc1C(C)NC(=O)c1ccc(Cl)cc1. The molecule has 0 radical (unpaired) electrons. The molecule has 0 aliphatic heterocycles. The Kier molecular flexibility index (Phi) is 7.43. The third-order valence-electron chi connectivity index (χ3n) is 4.41. The van der Waals surface area contributed by atoms with Crippen molar-refractivity contribution in [1.29, 1.82) is 0 Å². The van der Waals surface area contributed by atoms with Crippen molar-refractivity contribution >= 4 is 35.0 Å². The van der Waals surface area contributed by atoms with Gasteiger partial charge < -0.3 is 9.88 Å². The summed E-state index contributed by atoms with van der Waals surface area (Å²) in [4.78, 5) is 22.9. The molecule has 10 heteroatoms. The Balaban J connectivity index is 1.71. The topological polar surface area (TPSA) is 103 Å². The Morgan fingerprint density at radius 3 is 2.55 bits per heavy atom. The van der Waals surface area contributed by atoms with E-state index >= 15 is 0 Å². The highest BCUT2D eigenvalue weighted by Gasteiger charge is 2.20. The Morgan fingerprint density at radius 1 is 1.26 bits per heavy atom. The maximum absolute atomic E-state index is 12.5. The van der Waals surface area contributed by atoms with Gasteiger partial charge in [-0.1, -0.05) is 41.6 Å². The minimum absolute atomic E-state index is 0.0520. The van der Waals surface area contributed by atoms with Crippen molar-refractivity contribution in [2.45, 2.75) is 30.4 Å². The van der Waals surface area contributed by atoms with Gasteiger partial charge in [-0.3, -0.25) is 14.9 Å². The van der Waals surface area contributed by atoms with Crippen LogP contribution in [0, 0.1) is 10.1 Å². The van der Waals surface area contributed by atoms with Gasteiger partial charge in [0, 0.05) is 35.0 Å². The second-order valence-electron chi connectivity index (χ2n) is 6.65. The number of non-ortho nitro benzene ring substituents is 1. The molecule has 0 aliphatic rings. The molecule has 1 heterocycles. The second-order valence-corrected chi connectivity index (χ2v) is 8.03. The molecule has 0 spiro atoms. The highest BCUT2D eigenvalue weighted by atomic mass is 35.5. The molecule has 1 unspecified atom stereocenters. The summed E-state index contributed by atoms with van der Waals surface area (Å²) in [5.41, 5.74) is 1.48. The van der Waals surface area contributed by atoms with E-state index in [1.807, 2.05) is 11.5 Å². The summed E-state index contributed by atoms with van der Waals surface area (Å²) in [6.45, 7) is 6.10. The average Bonchev–Trinajstić information content (AvgIpc) is 3.16. The lowest BCUT2D eigenvalue weighted by atomic mass is 10.2. The fourth-order valence-corrected chi connectivity index (χ4v) is 3.87. The number of hydrogen-bond acceptors (Lipinski definition) is 6. The minimum Gasteiger partial charge on any atom is -0.342 e. The van der Waals surface area contributed by atoms with Gasteiger partial charge >= 0.3 is 0 Å². The zero-order valence-electron chi connectivity index (χ0n) is 16.7. The number of carbonyl (C=O) groups is 1. The predicted molar refractivity (Wildman–Crippen MR) is 120 cm³/mol. The Morgan fingerprint density at radius 2 is 1.94 bits per heavy atom. The number of carbonyl (C=O) groups excluding carboxylic acids is 1. The molecular formula is C21H20ClN5O3S. The molecule has 1 atom stereocenters. The molecule has 0 fully saturated rings. The van der Waals surface area contributed by atoms with Crippen LogP contribution in [-0.4, -0.2) is 25.6 Å². The fourth-order valence-electron chi connectivity index (χ4n) is 2.84. The first kappa shape index (κ1) is 22.5. The summed E-state index contributed by atoms with van der Waals surface area (Å²) in [7, 11) is 0. The molecule has 2 aromatic carbocycles. The summed E-state index contributed by atoms with van der Waals surface area (Å²) in [6, 6.07) is 12.6. The lowest BCUT2D eigenvalue weighted by Crippen LogP contribution is -2.28. The molecule has 1 N–H and O–H groups in total. The van der Waals surface area contributed by atoms with Crippen molar-refractivity contribution in [2.75, 3.05) is 0 Å². The third-order valence-corrected chi connectivity index (χ3v) is 5.70. The minimum atomic E-state index is -0.427. The van der Waals surface area contributed by atoms with Crippen LogP contribution in [0.15, 0.2) is 66.3 Å². The molecule has 31 heavy (non-hydrogen) atoms. The van der Waals surface area contributed by atoms with E-state index in [1.54, 1.807) is 42.5 Å². The Bertz CT molecular complexity index is 1080. The third kappa shape index (κ3) is 5.71. The number of aromatic nitrogens is 3. The largest absolute Gasteiger partial charge is 0.342 e. The van der Waals surface area contributed by atoms with Crippen LogP contribution in [0.5, 0.6) is 0 Å². The van der Waals surface area contributed by atoms with Crippen LogP contribution in [0.1, 0.15) is 34.7 Å². The Hall–Kier alpha value is -3.17. The standard InChI is InChI=1S/C21H20ClN5O3S/c1-3-12-26-19(14(2)23-20(28)16-6-8-17(22)9-7-16)24-25-21(26)31-13-15-4-10-18(11-5-15)27(29)30/h3-11,14H,1,12-13H2,2H3,(H,23,28). The van der Waals surface area contributed by atoms with Crippen molar-refractivity contribution < 1.29 is 9.72 Å². The monoisotopic (exact) mass is 457 g/mol. The molecule has 0 bridgehead atoms. The molecule has 0 saturated heterocycles. The molecule has 0 saturated carbocycles. The van der Waals surface area contributed by atoms with E-state index in [4.69, 9.17) is 11.6 Å². The summed E-state index contributed by atoms with van der Waals surface area (Å²) < 4.78 is 1.88. The molecule has 1 aromatic heterocycles. The van der Waals surface area contributed by atoms with Gasteiger partial charge in [-0.25, -0.2) is 0 Å². The van der Waals surface area contributed by atoms with E-state index in [2.05, 4.69) is 22.1 Å². The number of nitrogens with zero attached hydrogens (tertiary/aromatic N) is 4. The van der Waals surface area contributed by atoms with Gasteiger partial charge in [0.05, 0.1) is 11.0 Å². The summed E-state index contributed by atoms with van der Waals surface area (Å²) in [6.07, 6.45) is 1.73. The zero-order chi connectivity index (χ0) is 22.4. The summed E-state index contributed by atoms with van der Waals surface area (Å²) >= 11 is 7.33. The molecule has 3 aromatic rings. The van der Waals surface area contributed by atoms with E-state index in [0.717, 1.165) is 5.56 Å². The van der Waals surface area contributed by atoms with Crippen LogP contribution >= 0.6 is 23.4 Å². The van der Waals surface area contributed by atoms with E-state index in [9.17, 15) is 14.9 Å². The molecule has 8 nitrogen and oxygen atoms in total. The molecule has 3 rings (SSSR count). The van der Waals surface area contributed by atoms with Crippen LogP contribution in [0.4, 0.5) is 5.69 Å². The van der Waals surface area contributed by atoms with Gasteiger partial charge in [-0.05, 0) is 36.8 Å². The quantitative estimate of drug-likeness (QED) is 0.214. The van der Waals surface area contributed by atoms with Crippen LogP contribution < -0.4 is 5.32 Å². The van der Waals surface area contributed by atoms with Crippen LogP contribution in [-0.2, 0) is 12.3 Å². The molecule has 1 amide bonds. The van der Waals surface area contributed by atoms with Crippen molar-refractivity contribution in [2.24, 2.45) is 0 Å². The van der Waals surface area contributed by atoms with Gasteiger partial charge in [0.25, 0.3) is 11.6 Å². The number of benzene rings is 2. The molecule has 160 valence electrons. The summed E-state index contributed by atoms with van der Waals surface area (Å²) in [5.74, 6) is 0.935. The van der Waals surface area contributed by atoms with Gasteiger partial charge in [0.1, 0.15) is 0 Å². The van der Waals surface area contributed by atoms with Gasteiger partial charge in [-0.15, -0.1) is 16.8 Å². The zero-order valence-corrected chi connectivity index (χ0v) is 18.3. The first-order valence-electron chi connectivity index (χ1n) is 9.35. The maximum atomic E-state index is 12.5. The number of nitro groups is 1. The number of rotatable bonds is 9. The number of halogens is 1. The van der Waals surface area contributed by atoms with Crippen LogP contribution in [0.3, 0.4) is 0 Å². The number of hydrogen-bond donors (Lipinski definition) is 1. The normalized spacial score (nSPS) is 11.7. The fraction of sp³-hybridized carbons (Fsp3) is 0.190. The number of nitro benzene ring substituents is 1. The number of nitrogens with one attached hydrogen (secondary N) is 1. The van der Waals surface area contributed by atoms with E-state index in [1.165, 1.54) is 23.9 Å². The van der Waals surface area contributed by atoms with Gasteiger partial charge in [0.2, 0.25) is 0 Å². The predicted octanol–water partition coefficient (Wildman–Crippen LogP) is 4.81. The van der Waals surface area contributed by atoms with E-state index in [0.29, 0.717) is 33.9 Å². The van der Waals surface area contributed by atoms with Crippen molar-refractivity contribution in [3.05, 3.63) is 93.3 Å². The van der Waals surface area contributed by atoms with Crippen LogP contribution in [0.25, 0.3) is 0 Å². The Labute approximate surface area is 188 Å². The average molecular weight is 458 g/mol. The van der Waals surface area contributed by atoms with E-state index in [-0.39, 0.29) is 17.6 Å². The number of thioether (sulfide) groups is 1. The lowest BCUT2D eigenvalue weighted by molar-refractivity contribution is -0.384. The first-order chi connectivity index (χ1) is 14.9. The number of allylic oxidation sites excluding steroid dienone is 1. The van der Waals surface area contributed by atoms with Crippen molar-refractivity contribution in [1.82, 2.24) is 20.1 Å². The second kappa shape index (κ2) is 10.2. The molecule has 0 aliphatic carbocycles. The molecular weight excluding hydrogens is 438 g/mol. The summed E-state index contributed by atoms with van der Waals surface area (Å²) in [5, 5.41) is 23.5. The van der Waals surface area contributed by atoms with Crippen molar-refractivity contribution in [3.63, 3.8) is 0 Å². The van der Waals surface area contributed by atoms with Crippen molar-refractivity contribution in [3.8, 4) is 0 Å². The smallest absolute Gasteiger partial charge is 0.269 e. The first-order valence-corrected chi connectivity index (χ1v) is 10.7. The highest BCUT2D eigenvalue weighted by Crippen LogP contribution is 2.25. The van der Waals surface area contributed by atoms with Gasteiger partial charge in [-0.2, -0.15) is 0 Å².